The molecule has 1 aliphatic rings. The monoisotopic (exact) mass is 435 g/mol. The predicted molar refractivity (Wildman–Crippen MR) is 120 cm³/mol. The maximum atomic E-state index is 13.0. The number of ether oxygens (including phenoxy) is 2. The van der Waals surface area contributed by atoms with E-state index in [2.05, 4.69) is 11.7 Å². The summed E-state index contributed by atoms with van der Waals surface area (Å²) in [5.74, 6) is -0.215. The van der Waals surface area contributed by atoms with Gasteiger partial charge in [-0.25, -0.2) is 14.6 Å². The molecule has 1 atom stereocenters. The fraction of sp³-hybridized carbons (Fsp3) is 0.571. The summed E-state index contributed by atoms with van der Waals surface area (Å²) in [5.41, 5.74) is -1.14. The molecule has 0 aromatic rings. The van der Waals surface area contributed by atoms with E-state index in [-0.39, 0.29) is 17.2 Å². The molecule has 2 amide bonds. The summed E-state index contributed by atoms with van der Waals surface area (Å²) in [7, 11) is -1.66. The van der Waals surface area contributed by atoms with Crippen LogP contribution >= 0.6 is 0 Å². The van der Waals surface area contributed by atoms with Crippen molar-refractivity contribution in [3.05, 3.63) is 36.1 Å². The van der Waals surface area contributed by atoms with Crippen molar-refractivity contribution in [3.63, 3.8) is 0 Å². The van der Waals surface area contributed by atoms with Crippen LogP contribution in [0.4, 0.5) is 9.59 Å². The number of amides is 2. The number of amidine groups is 1. The Labute approximate surface area is 184 Å². The molecule has 1 aliphatic heterocycles. The quantitative estimate of drug-likeness (QED) is 0.392. The molecule has 0 spiro atoms. The molecular weight excluding hydrogens is 401 g/mol. The van der Waals surface area contributed by atoms with Crippen LogP contribution in [0, 0.1) is 5.92 Å². The van der Waals surface area contributed by atoms with Crippen LogP contribution in [-0.2, 0) is 9.47 Å². The van der Waals surface area contributed by atoms with Gasteiger partial charge in [0.2, 0.25) is 0 Å². The SMILES string of the molecule is C=C1C=C(B(O)O)C=CN1/N=C(\[C@H](C)CC)N(C(=O)OC(C)(C)C)C(=O)OC(C)(C)C. The summed E-state index contributed by atoms with van der Waals surface area (Å²) < 4.78 is 10.9. The highest BCUT2D eigenvalue weighted by Crippen LogP contribution is 2.22. The minimum atomic E-state index is -1.66. The first kappa shape index (κ1) is 26.5. The summed E-state index contributed by atoms with van der Waals surface area (Å²) >= 11 is 0. The van der Waals surface area contributed by atoms with E-state index in [1.54, 1.807) is 41.5 Å². The highest BCUT2D eigenvalue weighted by Gasteiger charge is 2.37. The van der Waals surface area contributed by atoms with Crippen LogP contribution < -0.4 is 0 Å². The number of hydrogen-bond donors (Lipinski definition) is 2. The Balaban J connectivity index is 3.46. The molecule has 1 rings (SSSR count). The molecule has 0 fully saturated rings. The summed E-state index contributed by atoms with van der Waals surface area (Å²) in [6.45, 7) is 17.7. The first-order valence-electron chi connectivity index (χ1n) is 10.1. The van der Waals surface area contributed by atoms with Gasteiger partial charge in [-0.15, -0.1) is 0 Å². The zero-order valence-electron chi connectivity index (χ0n) is 19.7. The topological polar surface area (TPSA) is 112 Å². The van der Waals surface area contributed by atoms with Crippen LogP contribution in [-0.4, -0.2) is 56.3 Å². The molecular formula is C21H34BN3O6. The number of rotatable bonds is 4. The number of imide groups is 1. The zero-order chi connectivity index (χ0) is 24.1. The van der Waals surface area contributed by atoms with Crippen molar-refractivity contribution in [2.24, 2.45) is 11.0 Å². The normalized spacial score (nSPS) is 15.9. The molecule has 1 heterocycles. The molecule has 0 aromatic carbocycles. The van der Waals surface area contributed by atoms with E-state index in [1.165, 1.54) is 23.4 Å². The molecule has 0 saturated carbocycles. The van der Waals surface area contributed by atoms with E-state index in [0.29, 0.717) is 12.1 Å². The average Bonchev–Trinajstić information content (AvgIpc) is 2.58. The lowest BCUT2D eigenvalue weighted by atomic mass is 9.78. The van der Waals surface area contributed by atoms with E-state index >= 15 is 0 Å². The molecule has 2 N–H and O–H groups in total. The fourth-order valence-electron chi connectivity index (χ4n) is 2.35. The van der Waals surface area contributed by atoms with Crippen molar-refractivity contribution in [2.75, 3.05) is 0 Å². The second kappa shape index (κ2) is 10.1. The molecule has 10 heteroatoms. The minimum absolute atomic E-state index is 0.109. The van der Waals surface area contributed by atoms with Gasteiger partial charge in [-0.1, -0.05) is 20.4 Å². The van der Waals surface area contributed by atoms with Crippen molar-refractivity contribution in [1.82, 2.24) is 9.91 Å². The molecule has 31 heavy (non-hydrogen) atoms. The van der Waals surface area contributed by atoms with Gasteiger partial charge in [0.15, 0.2) is 0 Å². The number of nitrogens with zero attached hydrogens (tertiary/aromatic N) is 3. The largest absolute Gasteiger partial charge is 0.488 e. The van der Waals surface area contributed by atoms with Gasteiger partial charge in [0.25, 0.3) is 0 Å². The fourth-order valence-corrected chi connectivity index (χ4v) is 2.35. The Hall–Kier alpha value is -2.59. The molecule has 0 aliphatic carbocycles. The molecule has 0 saturated heterocycles. The lowest BCUT2D eigenvalue weighted by molar-refractivity contribution is 0.0136. The lowest BCUT2D eigenvalue weighted by Crippen LogP contribution is -2.49. The highest BCUT2D eigenvalue weighted by molar-refractivity contribution is 6.51. The van der Waals surface area contributed by atoms with Gasteiger partial charge in [-0.05, 0) is 65.6 Å². The number of hydrazone groups is 1. The highest BCUT2D eigenvalue weighted by atomic mass is 16.6. The van der Waals surface area contributed by atoms with E-state index in [4.69, 9.17) is 9.47 Å². The maximum absolute atomic E-state index is 13.0. The van der Waals surface area contributed by atoms with E-state index in [1.807, 2.05) is 13.8 Å². The van der Waals surface area contributed by atoms with Gasteiger partial charge in [0.05, 0.1) is 5.70 Å². The first-order valence-corrected chi connectivity index (χ1v) is 10.1. The summed E-state index contributed by atoms with van der Waals surface area (Å²) in [4.78, 5) is 26.8. The summed E-state index contributed by atoms with van der Waals surface area (Å²) in [6.07, 6.45) is 3.10. The van der Waals surface area contributed by atoms with Crippen LogP contribution in [0.15, 0.2) is 41.2 Å². The smallest absolute Gasteiger partial charge is 0.443 e. The Kier molecular flexibility index (Phi) is 8.66. The van der Waals surface area contributed by atoms with Crippen LogP contribution in [0.25, 0.3) is 0 Å². The molecule has 0 unspecified atom stereocenters. The molecule has 0 radical (unpaired) electrons. The van der Waals surface area contributed by atoms with Gasteiger partial charge in [-0.2, -0.15) is 10.0 Å². The van der Waals surface area contributed by atoms with Crippen LogP contribution in [0.5, 0.6) is 0 Å². The Morgan fingerprint density at radius 3 is 2.00 bits per heavy atom. The first-order chi connectivity index (χ1) is 14.1. The number of allylic oxidation sites excluding steroid dienone is 3. The summed E-state index contributed by atoms with van der Waals surface area (Å²) in [6, 6.07) is 0. The van der Waals surface area contributed by atoms with Crippen molar-refractivity contribution < 1.29 is 29.1 Å². The van der Waals surface area contributed by atoms with E-state index in [0.717, 1.165) is 4.90 Å². The van der Waals surface area contributed by atoms with E-state index in [9.17, 15) is 19.6 Å². The number of hydrogen-bond acceptors (Lipinski definition) is 8. The average molecular weight is 435 g/mol. The van der Waals surface area contributed by atoms with Gasteiger partial charge in [0, 0.05) is 12.1 Å². The van der Waals surface area contributed by atoms with Gasteiger partial charge in [0.1, 0.15) is 17.0 Å². The Morgan fingerprint density at radius 1 is 1.16 bits per heavy atom. The van der Waals surface area contributed by atoms with Crippen molar-refractivity contribution in [1.29, 1.82) is 0 Å². The van der Waals surface area contributed by atoms with Crippen LogP contribution in [0.2, 0.25) is 0 Å². The van der Waals surface area contributed by atoms with Crippen LogP contribution in [0.3, 0.4) is 0 Å². The molecule has 0 bridgehead atoms. The predicted octanol–water partition coefficient (Wildman–Crippen LogP) is 3.80. The lowest BCUT2D eigenvalue weighted by Gasteiger charge is -2.31. The van der Waals surface area contributed by atoms with E-state index < -0.39 is 30.5 Å². The number of carbonyl (C=O) groups excluding carboxylic acids is 2. The third-order valence-corrected chi connectivity index (χ3v) is 3.98. The second-order valence-corrected chi connectivity index (χ2v) is 9.23. The third-order valence-electron chi connectivity index (χ3n) is 3.98. The molecule has 172 valence electrons. The van der Waals surface area contributed by atoms with Gasteiger partial charge in [-0.3, -0.25) is 0 Å². The number of carbonyl (C=O) groups is 2. The molecule has 0 aromatic heterocycles. The van der Waals surface area contributed by atoms with Gasteiger partial charge >= 0.3 is 19.3 Å². The van der Waals surface area contributed by atoms with Crippen LogP contribution in [0.1, 0.15) is 61.8 Å². The zero-order valence-corrected chi connectivity index (χ0v) is 19.7. The maximum Gasteiger partial charge on any atom is 0.488 e. The third kappa shape index (κ3) is 8.22. The standard InChI is InChI=1S/C21H34BN3O6/c1-10-14(2)17(23-24-12-11-16(22(28)29)13-15(24)3)25(18(26)30-20(4,5)6)19(27)31-21(7,8)9/h11-14,28-29H,3,10H2,1-2,4-9H3/b23-17+/t14-/m1/s1. The molecule has 9 nitrogen and oxygen atoms in total. The van der Waals surface area contributed by atoms with Crippen molar-refractivity contribution >= 4 is 25.1 Å². The van der Waals surface area contributed by atoms with Gasteiger partial charge < -0.3 is 19.5 Å². The summed E-state index contributed by atoms with van der Waals surface area (Å²) in [5, 5.41) is 24.5. The van der Waals surface area contributed by atoms with Crippen molar-refractivity contribution in [2.45, 2.75) is 73.0 Å². The van der Waals surface area contributed by atoms with Crippen molar-refractivity contribution in [3.8, 4) is 0 Å². The Bertz CT molecular complexity index is 762. The second-order valence-electron chi connectivity index (χ2n) is 9.23. The minimum Gasteiger partial charge on any atom is -0.443 e. The Morgan fingerprint density at radius 2 is 1.65 bits per heavy atom.